The fourth-order valence-corrected chi connectivity index (χ4v) is 6.47. The highest BCUT2D eigenvalue weighted by Gasteiger charge is 2.39. The molecule has 0 spiro atoms. The molecule has 1 aliphatic carbocycles. The lowest BCUT2D eigenvalue weighted by atomic mass is 10.1. The second-order valence-electron chi connectivity index (χ2n) is 9.65. The maximum atomic E-state index is 14.5. The first-order valence-electron chi connectivity index (χ1n) is 12.8. The summed E-state index contributed by atoms with van der Waals surface area (Å²) in [6.45, 7) is 2.48. The van der Waals surface area contributed by atoms with Gasteiger partial charge in [-0.15, -0.1) is 0 Å². The molecule has 37 heavy (non-hydrogen) atoms. The number of amides is 1. The van der Waals surface area contributed by atoms with Gasteiger partial charge in [0.05, 0.1) is 17.1 Å². The fourth-order valence-electron chi connectivity index (χ4n) is 5.43. The van der Waals surface area contributed by atoms with E-state index < -0.39 is 0 Å². The molecule has 2 fully saturated rings. The highest BCUT2D eigenvalue weighted by molar-refractivity contribution is 8.18. The predicted molar refractivity (Wildman–Crippen MR) is 150 cm³/mol. The van der Waals surface area contributed by atoms with Gasteiger partial charge in [0.2, 0.25) is 0 Å². The molecular weight excluding hydrogens is 481 g/mol. The van der Waals surface area contributed by atoms with Crippen LogP contribution in [0, 0.1) is 12.7 Å². The summed E-state index contributed by atoms with van der Waals surface area (Å²) in [5.74, 6) is -0.188. The molecule has 186 valence electrons. The second kappa shape index (κ2) is 10.0. The molecule has 1 aliphatic heterocycles. The Labute approximate surface area is 220 Å². The van der Waals surface area contributed by atoms with E-state index in [-0.39, 0.29) is 17.8 Å². The Balaban J connectivity index is 1.43. The first-order chi connectivity index (χ1) is 18.1. The molecule has 0 bridgehead atoms. The quantitative estimate of drug-likeness (QED) is 0.259. The Morgan fingerprint density at radius 2 is 1.68 bits per heavy atom. The van der Waals surface area contributed by atoms with Gasteiger partial charge in [0.1, 0.15) is 5.82 Å². The number of halogens is 1. The standard InChI is InChI=1S/C31H28FN3OS/c1-21-26(25-16-8-10-18-28(25)34(21)20-22-11-5-9-17-27(22)32)19-29-30(36)35(24-14-6-7-15-24)31(37-29)33-23-12-3-2-4-13-23/h2-5,8-13,16-19,24H,6-7,14-15,20H2,1H3. The Bertz CT molecular complexity index is 1530. The van der Waals surface area contributed by atoms with Crippen LogP contribution in [0.5, 0.6) is 0 Å². The van der Waals surface area contributed by atoms with Crippen LogP contribution >= 0.6 is 11.8 Å². The smallest absolute Gasteiger partial charge is 0.267 e. The summed E-state index contributed by atoms with van der Waals surface area (Å²) >= 11 is 1.45. The van der Waals surface area contributed by atoms with Crippen molar-refractivity contribution in [1.82, 2.24) is 9.47 Å². The average molecular weight is 510 g/mol. The number of carbonyl (C=O) groups is 1. The third kappa shape index (κ3) is 4.51. The fraction of sp³-hybridized carbons (Fsp3) is 0.226. The highest BCUT2D eigenvalue weighted by atomic mass is 32.2. The number of hydrogen-bond acceptors (Lipinski definition) is 3. The van der Waals surface area contributed by atoms with E-state index in [1.807, 2.05) is 72.5 Å². The molecule has 3 aromatic carbocycles. The number of nitrogens with zero attached hydrogens (tertiary/aromatic N) is 3. The minimum atomic E-state index is -0.213. The van der Waals surface area contributed by atoms with Crippen molar-refractivity contribution in [2.75, 3.05) is 0 Å². The molecule has 6 heteroatoms. The Kier molecular flexibility index (Phi) is 6.43. The van der Waals surface area contributed by atoms with Crippen LogP contribution in [-0.2, 0) is 11.3 Å². The Morgan fingerprint density at radius 1 is 0.973 bits per heavy atom. The zero-order chi connectivity index (χ0) is 25.4. The largest absolute Gasteiger partial charge is 0.340 e. The van der Waals surface area contributed by atoms with Crippen molar-refractivity contribution < 1.29 is 9.18 Å². The van der Waals surface area contributed by atoms with Gasteiger partial charge in [-0.05, 0) is 61.9 Å². The van der Waals surface area contributed by atoms with Crippen LogP contribution in [-0.4, -0.2) is 26.6 Å². The minimum Gasteiger partial charge on any atom is -0.340 e. The lowest BCUT2D eigenvalue weighted by Crippen LogP contribution is -2.37. The number of aliphatic imine (C=N–C) groups is 1. The van der Waals surface area contributed by atoms with Crippen molar-refractivity contribution >= 4 is 45.5 Å². The van der Waals surface area contributed by atoms with E-state index in [2.05, 4.69) is 16.7 Å². The molecular formula is C31H28FN3OS. The Hall–Kier alpha value is -3.64. The molecule has 4 nitrogen and oxygen atoms in total. The van der Waals surface area contributed by atoms with Gasteiger partial charge in [-0.2, -0.15) is 0 Å². The summed E-state index contributed by atoms with van der Waals surface area (Å²) < 4.78 is 16.7. The van der Waals surface area contributed by atoms with Crippen molar-refractivity contribution in [3.05, 3.63) is 106 Å². The maximum absolute atomic E-state index is 14.5. The predicted octanol–water partition coefficient (Wildman–Crippen LogP) is 7.68. The molecule has 4 aromatic rings. The van der Waals surface area contributed by atoms with Crippen LogP contribution in [0.1, 0.15) is 42.5 Å². The summed E-state index contributed by atoms with van der Waals surface area (Å²) in [5.41, 5.74) is 4.51. The average Bonchev–Trinajstić information content (AvgIpc) is 3.61. The van der Waals surface area contributed by atoms with E-state index in [9.17, 15) is 9.18 Å². The summed E-state index contributed by atoms with van der Waals surface area (Å²) in [4.78, 5) is 21.3. The number of rotatable bonds is 5. The lowest BCUT2D eigenvalue weighted by Gasteiger charge is -2.22. The third-order valence-electron chi connectivity index (χ3n) is 7.35. The van der Waals surface area contributed by atoms with E-state index in [1.54, 1.807) is 6.07 Å². The van der Waals surface area contributed by atoms with Crippen molar-refractivity contribution in [2.45, 2.75) is 45.2 Å². The van der Waals surface area contributed by atoms with Crippen molar-refractivity contribution in [3.63, 3.8) is 0 Å². The maximum Gasteiger partial charge on any atom is 0.267 e. The van der Waals surface area contributed by atoms with Crippen LogP contribution < -0.4 is 0 Å². The van der Waals surface area contributed by atoms with Crippen LogP contribution in [0.25, 0.3) is 17.0 Å². The number of thioether (sulfide) groups is 1. The highest BCUT2D eigenvalue weighted by Crippen LogP contribution is 2.40. The monoisotopic (exact) mass is 509 g/mol. The number of benzene rings is 3. The number of hydrogen-bond donors (Lipinski definition) is 0. The van der Waals surface area contributed by atoms with Crippen molar-refractivity contribution in [3.8, 4) is 0 Å². The number of aromatic nitrogens is 1. The first-order valence-corrected chi connectivity index (χ1v) is 13.6. The van der Waals surface area contributed by atoms with Gasteiger partial charge >= 0.3 is 0 Å². The van der Waals surface area contributed by atoms with Gasteiger partial charge in [-0.3, -0.25) is 9.69 Å². The van der Waals surface area contributed by atoms with Gasteiger partial charge in [0.25, 0.3) is 5.91 Å². The SMILES string of the molecule is Cc1c(C=C2SC(=Nc3ccccc3)N(C3CCCC3)C2=O)c2ccccc2n1Cc1ccccc1F. The minimum absolute atomic E-state index is 0.0249. The molecule has 1 saturated carbocycles. The molecule has 2 aliphatic rings. The van der Waals surface area contributed by atoms with Crippen molar-refractivity contribution in [1.29, 1.82) is 0 Å². The van der Waals surface area contributed by atoms with Gasteiger partial charge in [0, 0.05) is 33.8 Å². The van der Waals surface area contributed by atoms with Gasteiger partial charge in [-0.25, -0.2) is 9.38 Å². The van der Waals surface area contributed by atoms with E-state index in [4.69, 9.17) is 4.99 Å². The zero-order valence-electron chi connectivity index (χ0n) is 20.7. The molecule has 6 rings (SSSR count). The summed E-state index contributed by atoms with van der Waals surface area (Å²) in [6, 6.07) is 25.1. The van der Waals surface area contributed by atoms with E-state index in [0.717, 1.165) is 58.7 Å². The molecule has 0 atom stereocenters. The topological polar surface area (TPSA) is 37.6 Å². The zero-order valence-corrected chi connectivity index (χ0v) is 21.5. The third-order valence-corrected chi connectivity index (χ3v) is 8.33. The molecule has 0 radical (unpaired) electrons. The molecule has 2 heterocycles. The summed E-state index contributed by atoms with van der Waals surface area (Å²) in [6.07, 6.45) is 6.31. The van der Waals surface area contributed by atoms with Crippen LogP contribution in [0.2, 0.25) is 0 Å². The van der Waals surface area contributed by atoms with Gasteiger partial charge < -0.3 is 4.57 Å². The van der Waals surface area contributed by atoms with Crippen LogP contribution in [0.4, 0.5) is 10.1 Å². The second-order valence-corrected chi connectivity index (χ2v) is 10.7. The molecule has 1 saturated heterocycles. The molecule has 1 aromatic heterocycles. The number of fused-ring (bicyclic) bond motifs is 1. The Morgan fingerprint density at radius 3 is 2.46 bits per heavy atom. The number of amidine groups is 1. The van der Waals surface area contributed by atoms with E-state index in [0.29, 0.717) is 17.0 Å². The van der Waals surface area contributed by atoms with Gasteiger partial charge in [-0.1, -0.05) is 67.4 Å². The molecule has 1 amide bonds. The number of para-hydroxylation sites is 2. The van der Waals surface area contributed by atoms with Gasteiger partial charge in [0.15, 0.2) is 5.17 Å². The summed E-state index contributed by atoms with van der Waals surface area (Å²) in [5, 5.41) is 1.81. The molecule has 0 N–H and O–H groups in total. The normalized spacial score (nSPS) is 18.6. The molecule has 0 unspecified atom stereocenters. The van der Waals surface area contributed by atoms with Crippen molar-refractivity contribution in [2.24, 2.45) is 4.99 Å². The first kappa shape index (κ1) is 23.7. The van der Waals surface area contributed by atoms with E-state index >= 15 is 0 Å². The summed E-state index contributed by atoms with van der Waals surface area (Å²) in [7, 11) is 0. The lowest BCUT2D eigenvalue weighted by molar-refractivity contribution is -0.123. The van der Waals surface area contributed by atoms with Crippen LogP contribution in [0.15, 0.2) is 88.8 Å². The van der Waals surface area contributed by atoms with Crippen LogP contribution in [0.3, 0.4) is 0 Å². The number of carbonyl (C=O) groups excluding carboxylic acids is 1. The van der Waals surface area contributed by atoms with E-state index in [1.165, 1.54) is 17.8 Å².